The standard InChI is InChI=1S/C19H20N2O3S/c1-13(2)12-15-6-4-5-7-17(15)19-20-18(21-24-19)14-8-10-16(11-9-14)25(3,22)23/h4-11,13H,12H2,1-3H3. The molecule has 0 radical (unpaired) electrons. The first-order valence-corrected chi connectivity index (χ1v) is 9.96. The monoisotopic (exact) mass is 356 g/mol. The Bertz CT molecular complexity index is 974. The summed E-state index contributed by atoms with van der Waals surface area (Å²) in [6.07, 6.45) is 2.11. The van der Waals surface area contributed by atoms with Crippen LogP contribution in [-0.2, 0) is 16.3 Å². The van der Waals surface area contributed by atoms with Crippen LogP contribution < -0.4 is 0 Å². The lowest BCUT2D eigenvalue weighted by Gasteiger charge is -2.08. The van der Waals surface area contributed by atoms with E-state index in [2.05, 4.69) is 30.1 Å². The van der Waals surface area contributed by atoms with Crippen LogP contribution in [0.4, 0.5) is 0 Å². The quantitative estimate of drug-likeness (QED) is 0.691. The molecule has 0 aliphatic heterocycles. The van der Waals surface area contributed by atoms with Crippen molar-refractivity contribution in [3.05, 3.63) is 54.1 Å². The second-order valence-electron chi connectivity index (χ2n) is 6.47. The average molecular weight is 356 g/mol. The summed E-state index contributed by atoms with van der Waals surface area (Å²) >= 11 is 0. The highest BCUT2D eigenvalue weighted by Gasteiger charge is 2.15. The van der Waals surface area contributed by atoms with E-state index in [0.29, 0.717) is 23.2 Å². The van der Waals surface area contributed by atoms with Gasteiger partial charge in [0, 0.05) is 17.4 Å². The lowest BCUT2D eigenvalue weighted by atomic mass is 9.98. The Morgan fingerprint density at radius 1 is 1.04 bits per heavy atom. The first-order chi connectivity index (χ1) is 11.8. The van der Waals surface area contributed by atoms with E-state index in [1.807, 2.05) is 18.2 Å². The number of sulfone groups is 1. The molecule has 0 spiro atoms. The van der Waals surface area contributed by atoms with Crippen molar-refractivity contribution in [3.8, 4) is 22.8 Å². The van der Waals surface area contributed by atoms with Gasteiger partial charge in [-0.05, 0) is 48.2 Å². The van der Waals surface area contributed by atoms with Crippen molar-refractivity contribution in [2.45, 2.75) is 25.2 Å². The van der Waals surface area contributed by atoms with E-state index in [4.69, 9.17) is 4.52 Å². The van der Waals surface area contributed by atoms with Gasteiger partial charge in [0.2, 0.25) is 5.82 Å². The van der Waals surface area contributed by atoms with E-state index in [9.17, 15) is 8.42 Å². The molecule has 0 amide bonds. The van der Waals surface area contributed by atoms with E-state index in [1.165, 1.54) is 11.8 Å². The third-order valence-electron chi connectivity index (χ3n) is 3.84. The van der Waals surface area contributed by atoms with E-state index < -0.39 is 9.84 Å². The highest BCUT2D eigenvalue weighted by atomic mass is 32.2. The minimum absolute atomic E-state index is 0.266. The van der Waals surface area contributed by atoms with Crippen LogP contribution in [0.2, 0.25) is 0 Å². The molecule has 0 fully saturated rings. The minimum Gasteiger partial charge on any atom is -0.334 e. The predicted octanol–water partition coefficient (Wildman–Crippen LogP) is 4.01. The number of rotatable bonds is 5. The van der Waals surface area contributed by atoms with Crippen LogP contribution >= 0.6 is 0 Å². The second kappa shape index (κ2) is 6.80. The molecule has 1 heterocycles. The predicted molar refractivity (Wildman–Crippen MR) is 96.8 cm³/mol. The Balaban J connectivity index is 1.93. The summed E-state index contributed by atoms with van der Waals surface area (Å²) in [7, 11) is -3.22. The fourth-order valence-corrected chi connectivity index (χ4v) is 3.28. The van der Waals surface area contributed by atoms with Crippen LogP contribution in [0, 0.1) is 5.92 Å². The lowest BCUT2D eigenvalue weighted by Crippen LogP contribution is -1.97. The molecule has 2 aromatic carbocycles. The van der Waals surface area contributed by atoms with Crippen LogP contribution in [0.25, 0.3) is 22.8 Å². The molecule has 5 nitrogen and oxygen atoms in total. The van der Waals surface area contributed by atoms with Gasteiger partial charge in [-0.1, -0.05) is 37.2 Å². The molecule has 1 aromatic heterocycles. The van der Waals surface area contributed by atoms with Crippen LogP contribution in [0.5, 0.6) is 0 Å². The van der Waals surface area contributed by atoms with Gasteiger partial charge in [-0.3, -0.25) is 0 Å². The van der Waals surface area contributed by atoms with Crippen molar-refractivity contribution in [1.29, 1.82) is 0 Å². The molecule has 3 rings (SSSR count). The number of hydrogen-bond donors (Lipinski definition) is 0. The summed E-state index contributed by atoms with van der Waals surface area (Å²) in [5, 5.41) is 4.04. The second-order valence-corrected chi connectivity index (χ2v) is 8.49. The van der Waals surface area contributed by atoms with Gasteiger partial charge in [-0.25, -0.2) is 8.42 Å². The normalized spacial score (nSPS) is 11.8. The lowest BCUT2D eigenvalue weighted by molar-refractivity contribution is 0.431. The van der Waals surface area contributed by atoms with Gasteiger partial charge in [-0.2, -0.15) is 4.98 Å². The molecule has 25 heavy (non-hydrogen) atoms. The van der Waals surface area contributed by atoms with Crippen LogP contribution in [0.15, 0.2) is 57.9 Å². The van der Waals surface area contributed by atoms with Crippen molar-refractivity contribution in [2.75, 3.05) is 6.26 Å². The summed E-state index contributed by atoms with van der Waals surface area (Å²) in [5.74, 6) is 1.43. The molecular formula is C19H20N2O3S. The van der Waals surface area contributed by atoms with Gasteiger partial charge >= 0.3 is 0 Å². The van der Waals surface area contributed by atoms with Gasteiger partial charge < -0.3 is 4.52 Å². The first kappa shape index (κ1) is 17.4. The van der Waals surface area contributed by atoms with Gasteiger partial charge in [0.25, 0.3) is 5.89 Å². The molecule has 0 saturated carbocycles. The fourth-order valence-electron chi connectivity index (χ4n) is 2.65. The maximum Gasteiger partial charge on any atom is 0.258 e. The number of hydrogen-bond acceptors (Lipinski definition) is 5. The van der Waals surface area contributed by atoms with Crippen LogP contribution in [0.1, 0.15) is 19.4 Å². The van der Waals surface area contributed by atoms with Crippen molar-refractivity contribution >= 4 is 9.84 Å². The SMILES string of the molecule is CC(C)Cc1ccccc1-c1nc(-c2ccc(S(C)(=O)=O)cc2)no1. The van der Waals surface area contributed by atoms with Gasteiger partial charge in [0.1, 0.15) is 0 Å². The van der Waals surface area contributed by atoms with Crippen LogP contribution in [0.3, 0.4) is 0 Å². The zero-order chi connectivity index (χ0) is 18.0. The van der Waals surface area contributed by atoms with Crippen molar-refractivity contribution in [1.82, 2.24) is 10.1 Å². The Hall–Kier alpha value is -2.47. The largest absolute Gasteiger partial charge is 0.334 e. The Kier molecular flexibility index (Phi) is 4.72. The first-order valence-electron chi connectivity index (χ1n) is 8.07. The van der Waals surface area contributed by atoms with E-state index in [0.717, 1.165) is 12.0 Å². The summed E-state index contributed by atoms with van der Waals surface area (Å²) in [4.78, 5) is 4.75. The van der Waals surface area contributed by atoms with E-state index in [-0.39, 0.29) is 4.90 Å². The molecule has 6 heteroatoms. The number of aromatic nitrogens is 2. The van der Waals surface area contributed by atoms with Crippen LogP contribution in [-0.4, -0.2) is 24.8 Å². The van der Waals surface area contributed by atoms with Crippen molar-refractivity contribution in [3.63, 3.8) is 0 Å². The summed E-state index contributed by atoms with van der Waals surface area (Å²) in [6.45, 7) is 4.33. The molecular weight excluding hydrogens is 336 g/mol. The minimum atomic E-state index is -3.22. The fraction of sp³-hybridized carbons (Fsp3) is 0.263. The van der Waals surface area contributed by atoms with Crippen molar-refractivity contribution < 1.29 is 12.9 Å². The zero-order valence-corrected chi connectivity index (χ0v) is 15.2. The Morgan fingerprint density at radius 3 is 2.36 bits per heavy atom. The summed E-state index contributed by atoms with van der Waals surface area (Å²) < 4.78 is 28.5. The molecule has 130 valence electrons. The molecule has 0 bridgehead atoms. The maximum atomic E-state index is 11.5. The molecule has 3 aromatic rings. The summed E-state index contributed by atoms with van der Waals surface area (Å²) in [5.41, 5.74) is 2.81. The average Bonchev–Trinajstić information content (AvgIpc) is 3.04. The van der Waals surface area contributed by atoms with Gasteiger partial charge in [-0.15, -0.1) is 0 Å². The molecule has 0 N–H and O–H groups in total. The van der Waals surface area contributed by atoms with E-state index >= 15 is 0 Å². The third-order valence-corrected chi connectivity index (χ3v) is 4.97. The highest BCUT2D eigenvalue weighted by molar-refractivity contribution is 7.90. The van der Waals surface area contributed by atoms with Crippen molar-refractivity contribution in [2.24, 2.45) is 5.92 Å². The molecule has 0 aliphatic carbocycles. The molecule has 0 saturated heterocycles. The number of nitrogens with zero attached hydrogens (tertiary/aromatic N) is 2. The smallest absolute Gasteiger partial charge is 0.258 e. The van der Waals surface area contributed by atoms with E-state index in [1.54, 1.807) is 24.3 Å². The van der Waals surface area contributed by atoms with Gasteiger partial charge in [0.15, 0.2) is 9.84 Å². The van der Waals surface area contributed by atoms with Gasteiger partial charge in [0.05, 0.1) is 4.90 Å². The maximum absolute atomic E-state index is 11.5. The highest BCUT2D eigenvalue weighted by Crippen LogP contribution is 2.27. The Labute approximate surface area is 147 Å². The zero-order valence-electron chi connectivity index (χ0n) is 14.4. The third kappa shape index (κ3) is 3.96. The molecule has 0 atom stereocenters. The molecule has 0 unspecified atom stereocenters. The summed E-state index contributed by atoms with van der Waals surface area (Å²) in [6, 6.07) is 14.5. The number of benzene rings is 2. The Morgan fingerprint density at radius 2 is 1.72 bits per heavy atom. The topological polar surface area (TPSA) is 73.1 Å². The molecule has 0 aliphatic rings.